The molecule has 0 amide bonds. The van der Waals surface area contributed by atoms with E-state index in [1.165, 1.54) is 12.8 Å². The number of hydrogen-bond donors (Lipinski definition) is 1. The minimum atomic E-state index is -1.80. The fourth-order valence-electron chi connectivity index (χ4n) is 7.56. The summed E-state index contributed by atoms with van der Waals surface area (Å²) in [5.74, 6) is 1.15. The number of aromatic hydroxyl groups is 1. The standard InChI is InChI=1S/C17H22NOSi.C11H8NO.4C11H8N.C4H8O.2Ir/c1-17(2,3)20(4,5)19-15-10-8-9-14(13-15)16-11-6-7-12-18-16;13-10-5-3-4-9(8-10)11-6-1-2-7-12-11;4*1-2-6-10(7-3-1)11-8-4-5-9-12-11;1-2-4-5-3-1;;/h6-8,10-13H,1-5H3;1-3,5-8,13H;4*1-6,8-9H;1-4H2;;/q6*-1;;2*+3. The minimum absolute atomic E-state index is 0. The molecule has 0 radical (unpaired) electrons. The Morgan fingerprint density at radius 1 is 0.364 bits per heavy atom. The van der Waals surface area contributed by atoms with Crippen LogP contribution in [0.4, 0.5) is 0 Å². The van der Waals surface area contributed by atoms with E-state index >= 15 is 0 Å². The third-order valence-corrected chi connectivity index (χ3v) is 17.4. The van der Waals surface area contributed by atoms with E-state index in [4.69, 9.17) is 9.16 Å². The van der Waals surface area contributed by atoms with Gasteiger partial charge in [-0.25, -0.2) is 0 Å². The van der Waals surface area contributed by atoms with Gasteiger partial charge in [0.05, 0.1) is 0 Å². The molecule has 0 unspecified atom stereocenters. The molecule has 1 fully saturated rings. The van der Waals surface area contributed by atoms with Crippen LogP contribution in [0.15, 0.2) is 280 Å². The normalized spacial score (nSPS) is 10.9. The number of nitrogens with zero attached hydrogens (tertiary/aromatic N) is 6. The van der Waals surface area contributed by atoms with Crippen LogP contribution in [-0.2, 0) is 44.9 Å². The van der Waals surface area contributed by atoms with Crippen LogP contribution >= 0.6 is 0 Å². The average molecular weight is 1530 g/mol. The van der Waals surface area contributed by atoms with E-state index in [0.29, 0.717) is 0 Å². The van der Waals surface area contributed by atoms with Gasteiger partial charge in [0.2, 0.25) is 8.32 Å². The molecule has 0 aliphatic carbocycles. The first-order chi connectivity index (χ1) is 42.0. The quantitative estimate of drug-likeness (QED) is 0.117. The summed E-state index contributed by atoms with van der Waals surface area (Å²) in [6.45, 7) is 13.2. The van der Waals surface area contributed by atoms with Crippen LogP contribution in [0.2, 0.25) is 18.1 Å². The van der Waals surface area contributed by atoms with Crippen molar-refractivity contribution in [1.29, 1.82) is 0 Å². The number of aromatic nitrogens is 6. The molecule has 1 N–H and O–H groups in total. The Hall–Kier alpha value is -8.70. The number of ether oxygens (including phenoxy) is 1. The fraction of sp³-hybridized carbons (Fsp3) is 0.132. The van der Waals surface area contributed by atoms with Gasteiger partial charge in [-0.05, 0) is 102 Å². The first kappa shape index (κ1) is 70.1. The first-order valence-corrected chi connectivity index (χ1v) is 31.3. The molecule has 0 spiro atoms. The molecule has 6 aromatic heterocycles. The minimum Gasteiger partial charge on any atom is -0.558 e. The van der Waals surface area contributed by atoms with Crippen LogP contribution in [0.1, 0.15) is 33.6 Å². The molecule has 9 nitrogen and oxygen atoms in total. The fourth-order valence-corrected chi connectivity index (χ4v) is 8.58. The summed E-state index contributed by atoms with van der Waals surface area (Å²) in [7, 11) is -1.80. The van der Waals surface area contributed by atoms with Crippen LogP contribution < -0.4 is 4.43 Å². The van der Waals surface area contributed by atoms with Gasteiger partial charge in [0.15, 0.2) is 0 Å². The first-order valence-electron chi connectivity index (χ1n) is 28.4. The van der Waals surface area contributed by atoms with E-state index in [9.17, 15) is 5.11 Å². The molecule has 1 aliphatic heterocycles. The van der Waals surface area contributed by atoms with Gasteiger partial charge in [-0.1, -0.05) is 93.6 Å². The Labute approximate surface area is 549 Å². The summed E-state index contributed by atoms with van der Waals surface area (Å²) >= 11 is 0. The predicted octanol–water partition coefficient (Wildman–Crippen LogP) is 18.2. The third kappa shape index (κ3) is 24.9. The molecule has 6 aromatic carbocycles. The van der Waals surface area contributed by atoms with Crippen molar-refractivity contribution in [3.63, 3.8) is 0 Å². The van der Waals surface area contributed by atoms with Crippen molar-refractivity contribution in [2.45, 2.75) is 51.7 Å². The molecule has 0 bridgehead atoms. The van der Waals surface area contributed by atoms with Crippen molar-refractivity contribution >= 4 is 8.32 Å². The van der Waals surface area contributed by atoms with Crippen molar-refractivity contribution in [1.82, 2.24) is 29.9 Å². The molecule has 12 heteroatoms. The second kappa shape index (κ2) is 39.2. The van der Waals surface area contributed by atoms with Crippen molar-refractivity contribution in [3.05, 3.63) is 316 Å². The largest absolute Gasteiger partial charge is 3.00 e. The van der Waals surface area contributed by atoms with Gasteiger partial charge >= 0.3 is 40.2 Å². The number of phenols is 1. The van der Waals surface area contributed by atoms with Gasteiger partial charge < -0.3 is 44.2 Å². The Balaban J connectivity index is 0.000000190. The molecule has 88 heavy (non-hydrogen) atoms. The van der Waals surface area contributed by atoms with Crippen LogP contribution in [0, 0.1) is 36.4 Å². The van der Waals surface area contributed by atoms with Gasteiger partial charge in [0.1, 0.15) is 0 Å². The Bertz CT molecular complexity index is 3240. The summed E-state index contributed by atoms with van der Waals surface area (Å²) in [4.78, 5) is 25.4. The van der Waals surface area contributed by atoms with Crippen molar-refractivity contribution in [2.24, 2.45) is 0 Å². The van der Waals surface area contributed by atoms with E-state index in [2.05, 4.69) is 100 Å². The monoisotopic (exact) mass is 1530 g/mol. The summed E-state index contributed by atoms with van der Waals surface area (Å²) in [6.07, 6.45) is 13.2. The molecule has 0 atom stereocenters. The summed E-state index contributed by atoms with van der Waals surface area (Å²) in [5.41, 5.74) is 11.6. The Kier molecular flexibility index (Phi) is 31.2. The molecular weight excluding hydrogens is 1460 g/mol. The summed E-state index contributed by atoms with van der Waals surface area (Å²) in [5, 5.41) is 9.42. The van der Waals surface area contributed by atoms with Crippen LogP contribution in [-0.4, -0.2) is 56.5 Å². The molecule has 7 heterocycles. The summed E-state index contributed by atoms with van der Waals surface area (Å²) in [6, 6.07) is 95.8. The average Bonchev–Trinajstić information content (AvgIpc) is 4.28. The van der Waals surface area contributed by atoms with Crippen molar-refractivity contribution in [3.8, 4) is 79.0 Å². The van der Waals surface area contributed by atoms with Crippen molar-refractivity contribution in [2.75, 3.05) is 13.2 Å². The van der Waals surface area contributed by atoms with Crippen LogP contribution in [0.3, 0.4) is 0 Å². The van der Waals surface area contributed by atoms with E-state index < -0.39 is 8.32 Å². The van der Waals surface area contributed by atoms with Gasteiger partial charge in [0, 0.05) is 61.9 Å². The van der Waals surface area contributed by atoms with Gasteiger partial charge in [0.25, 0.3) is 0 Å². The number of phenolic OH excluding ortho intramolecular Hbond substituents is 1. The van der Waals surface area contributed by atoms with E-state index in [0.717, 1.165) is 86.5 Å². The number of pyridine rings is 6. The maximum atomic E-state index is 9.23. The smallest absolute Gasteiger partial charge is 0.558 e. The number of benzene rings is 6. The zero-order valence-corrected chi connectivity index (χ0v) is 55.8. The molecule has 1 aliphatic rings. The van der Waals surface area contributed by atoms with E-state index in [1.54, 1.807) is 55.4 Å². The second-order valence-electron chi connectivity index (χ2n) is 20.5. The van der Waals surface area contributed by atoms with E-state index in [1.807, 2.05) is 224 Å². The van der Waals surface area contributed by atoms with Crippen LogP contribution in [0.25, 0.3) is 67.5 Å². The molecular formula is C76H70Ir2N6O3Si. The zero-order chi connectivity index (χ0) is 60.3. The Morgan fingerprint density at radius 2 is 0.648 bits per heavy atom. The maximum Gasteiger partial charge on any atom is 3.00 e. The maximum absolute atomic E-state index is 9.23. The molecule has 1 saturated heterocycles. The molecule has 12 aromatic rings. The van der Waals surface area contributed by atoms with Gasteiger partial charge in [-0.3, -0.25) is 0 Å². The number of rotatable bonds is 8. The third-order valence-electron chi connectivity index (χ3n) is 13.0. The molecule has 0 saturated carbocycles. The zero-order valence-electron chi connectivity index (χ0n) is 50.0. The second-order valence-corrected chi connectivity index (χ2v) is 25.2. The van der Waals surface area contributed by atoms with E-state index in [-0.39, 0.29) is 51.0 Å². The predicted molar refractivity (Wildman–Crippen MR) is 351 cm³/mol. The molecule has 13 rings (SSSR count). The number of hydrogen-bond acceptors (Lipinski definition) is 9. The SMILES string of the molecule is C1CCOC1.CC(C)(C)[Si](C)(C)Oc1cc[c-]c(-c2ccccn2)c1.Oc1cc[c-]c(-c2ccccn2)c1.[Ir+3].[Ir+3].[c-]1ccccc1-c1ccccn1.[c-]1ccccc1-c1ccccn1.[c-]1ccccc1-c1ccccn1.[c-]1ccccc1-c1ccccn1. The topological polar surface area (TPSA) is 116 Å². The van der Waals surface area contributed by atoms with Gasteiger partial charge in [-0.2, -0.15) is 0 Å². The van der Waals surface area contributed by atoms with Crippen LogP contribution in [0.5, 0.6) is 11.5 Å². The van der Waals surface area contributed by atoms with Crippen molar-refractivity contribution < 1.29 is 54.5 Å². The molecule has 444 valence electrons. The van der Waals surface area contributed by atoms with Gasteiger partial charge in [-0.15, -0.1) is 203 Å². The Morgan fingerprint density at radius 3 is 0.898 bits per heavy atom. The summed E-state index contributed by atoms with van der Waals surface area (Å²) < 4.78 is 11.3.